The van der Waals surface area contributed by atoms with Gasteiger partial charge < -0.3 is 15.0 Å². The van der Waals surface area contributed by atoms with Crippen LogP contribution in [0.25, 0.3) is 0 Å². The van der Waals surface area contributed by atoms with E-state index in [0.717, 1.165) is 31.0 Å². The predicted molar refractivity (Wildman–Crippen MR) is 72.6 cm³/mol. The third kappa shape index (κ3) is 3.47. The molecule has 6 nitrogen and oxygen atoms in total. The summed E-state index contributed by atoms with van der Waals surface area (Å²) < 4.78 is 4.59. The quantitative estimate of drug-likeness (QED) is 0.855. The number of rotatable bonds is 3. The second-order valence-electron chi connectivity index (χ2n) is 4.39. The van der Waals surface area contributed by atoms with Gasteiger partial charge >= 0.3 is 6.09 Å². The van der Waals surface area contributed by atoms with Gasteiger partial charge in [-0.15, -0.1) is 0 Å². The maximum Gasteiger partial charge on any atom is 0.407 e. The van der Waals surface area contributed by atoms with Crippen LogP contribution in [0.5, 0.6) is 0 Å². The SMILES string of the molecule is CCc1nc(Cl)cc(N2CCC(NC(=O)OC)C2)n1. The van der Waals surface area contributed by atoms with Crippen molar-refractivity contribution in [2.24, 2.45) is 0 Å². The zero-order valence-electron chi connectivity index (χ0n) is 11.0. The molecule has 0 bridgehead atoms. The van der Waals surface area contributed by atoms with E-state index < -0.39 is 6.09 Å². The number of hydrogen-bond donors (Lipinski definition) is 1. The minimum absolute atomic E-state index is 0.0752. The Morgan fingerprint density at radius 1 is 1.63 bits per heavy atom. The zero-order valence-corrected chi connectivity index (χ0v) is 11.8. The monoisotopic (exact) mass is 284 g/mol. The predicted octanol–water partition coefficient (Wildman–Crippen LogP) is 1.63. The lowest BCUT2D eigenvalue weighted by atomic mass is 10.3. The van der Waals surface area contributed by atoms with Crippen LogP contribution in [-0.4, -0.2) is 42.3 Å². The molecule has 2 heterocycles. The molecule has 1 saturated heterocycles. The maximum absolute atomic E-state index is 11.2. The van der Waals surface area contributed by atoms with Crippen molar-refractivity contribution in [3.63, 3.8) is 0 Å². The summed E-state index contributed by atoms with van der Waals surface area (Å²) in [6, 6.07) is 1.83. The van der Waals surface area contributed by atoms with Gasteiger partial charge in [0.2, 0.25) is 0 Å². The second kappa shape index (κ2) is 6.06. The van der Waals surface area contributed by atoms with Crippen molar-refractivity contribution in [3.8, 4) is 0 Å². The fourth-order valence-corrected chi connectivity index (χ4v) is 2.28. The maximum atomic E-state index is 11.2. The number of alkyl carbamates (subject to hydrolysis) is 1. The first-order chi connectivity index (χ1) is 9.12. The molecule has 1 aliphatic heterocycles. The molecule has 1 aromatic heterocycles. The number of anilines is 1. The van der Waals surface area contributed by atoms with Crippen molar-refractivity contribution in [1.82, 2.24) is 15.3 Å². The number of aromatic nitrogens is 2. The molecule has 1 atom stereocenters. The fraction of sp³-hybridized carbons (Fsp3) is 0.583. The zero-order chi connectivity index (χ0) is 13.8. The molecule has 19 heavy (non-hydrogen) atoms. The van der Waals surface area contributed by atoms with E-state index in [1.807, 2.05) is 6.92 Å². The number of methoxy groups -OCH3 is 1. The Morgan fingerprint density at radius 3 is 3.11 bits per heavy atom. The Bertz CT molecular complexity index is 469. The Morgan fingerprint density at radius 2 is 2.42 bits per heavy atom. The smallest absolute Gasteiger partial charge is 0.407 e. The number of hydrogen-bond acceptors (Lipinski definition) is 5. The largest absolute Gasteiger partial charge is 0.453 e. The number of nitrogens with zero attached hydrogens (tertiary/aromatic N) is 3. The average Bonchev–Trinajstić information content (AvgIpc) is 2.86. The molecule has 1 fully saturated rings. The molecule has 1 amide bonds. The number of halogens is 1. The third-order valence-corrected chi connectivity index (χ3v) is 3.26. The Kier molecular flexibility index (Phi) is 4.42. The normalized spacial score (nSPS) is 18.5. The summed E-state index contributed by atoms with van der Waals surface area (Å²) in [5.74, 6) is 1.54. The second-order valence-corrected chi connectivity index (χ2v) is 4.77. The van der Waals surface area contributed by atoms with Gasteiger partial charge in [-0.2, -0.15) is 0 Å². The van der Waals surface area contributed by atoms with E-state index in [4.69, 9.17) is 11.6 Å². The number of ether oxygens (including phenoxy) is 1. The molecule has 7 heteroatoms. The number of aryl methyl sites for hydroxylation is 1. The van der Waals surface area contributed by atoms with Gasteiger partial charge in [0.05, 0.1) is 13.2 Å². The van der Waals surface area contributed by atoms with E-state index in [1.54, 1.807) is 6.07 Å². The lowest BCUT2D eigenvalue weighted by Crippen LogP contribution is -2.37. The molecule has 2 rings (SSSR count). The van der Waals surface area contributed by atoms with E-state index in [9.17, 15) is 4.79 Å². The Balaban J connectivity index is 2.04. The fourth-order valence-electron chi connectivity index (χ4n) is 2.08. The first-order valence-electron chi connectivity index (χ1n) is 6.25. The molecule has 1 unspecified atom stereocenters. The lowest BCUT2D eigenvalue weighted by Gasteiger charge is -2.18. The van der Waals surface area contributed by atoms with Crippen LogP contribution in [0.1, 0.15) is 19.2 Å². The van der Waals surface area contributed by atoms with Crippen LogP contribution < -0.4 is 10.2 Å². The third-order valence-electron chi connectivity index (χ3n) is 3.06. The number of amides is 1. The Hall–Kier alpha value is -1.56. The summed E-state index contributed by atoms with van der Waals surface area (Å²) in [6.45, 7) is 3.51. The van der Waals surface area contributed by atoms with Gasteiger partial charge in [-0.3, -0.25) is 0 Å². The van der Waals surface area contributed by atoms with E-state index in [-0.39, 0.29) is 6.04 Å². The van der Waals surface area contributed by atoms with Crippen molar-refractivity contribution < 1.29 is 9.53 Å². The van der Waals surface area contributed by atoms with Crippen molar-refractivity contribution >= 4 is 23.5 Å². The number of carbonyl (C=O) groups is 1. The van der Waals surface area contributed by atoms with Gasteiger partial charge in [0, 0.05) is 25.6 Å². The van der Waals surface area contributed by atoms with Crippen molar-refractivity contribution in [2.45, 2.75) is 25.8 Å². The molecule has 0 spiro atoms. The molecule has 0 aromatic carbocycles. The Labute approximate surface area is 117 Å². The van der Waals surface area contributed by atoms with Crippen LogP contribution in [0.4, 0.5) is 10.6 Å². The van der Waals surface area contributed by atoms with Gasteiger partial charge in [0.1, 0.15) is 16.8 Å². The topological polar surface area (TPSA) is 67.4 Å². The van der Waals surface area contributed by atoms with Gasteiger partial charge in [-0.25, -0.2) is 14.8 Å². The lowest BCUT2D eigenvalue weighted by molar-refractivity contribution is 0.167. The number of carbonyl (C=O) groups excluding carboxylic acids is 1. The summed E-state index contributed by atoms with van der Waals surface area (Å²) in [7, 11) is 1.36. The molecule has 0 saturated carbocycles. The number of nitrogens with one attached hydrogen (secondary N) is 1. The van der Waals surface area contributed by atoms with E-state index in [0.29, 0.717) is 11.7 Å². The molecular weight excluding hydrogens is 268 g/mol. The molecule has 1 aromatic rings. The molecule has 0 aliphatic carbocycles. The van der Waals surface area contributed by atoms with Gasteiger partial charge in [0.15, 0.2) is 0 Å². The molecule has 104 valence electrons. The van der Waals surface area contributed by atoms with Crippen molar-refractivity contribution in [2.75, 3.05) is 25.1 Å². The average molecular weight is 285 g/mol. The van der Waals surface area contributed by atoms with Crippen LogP contribution in [0.2, 0.25) is 5.15 Å². The van der Waals surface area contributed by atoms with Crippen LogP contribution >= 0.6 is 11.6 Å². The van der Waals surface area contributed by atoms with E-state index in [1.165, 1.54) is 7.11 Å². The summed E-state index contributed by atoms with van der Waals surface area (Å²) >= 11 is 5.98. The molecular formula is C12H17ClN4O2. The van der Waals surface area contributed by atoms with Gasteiger partial charge in [-0.05, 0) is 6.42 Å². The summed E-state index contributed by atoms with van der Waals surface area (Å²) in [6.07, 6.45) is 1.20. The summed E-state index contributed by atoms with van der Waals surface area (Å²) in [4.78, 5) is 21.9. The van der Waals surface area contributed by atoms with Crippen LogP contribution in [0.3, 0.4) is 0 Å². The highest BCUT2D eigenvalue weighted by atomic mass is 35.5. The van der Waals surface area contributed by atoms with E-state index in [2.05, 4.69) is 24.9 Å². The highest BCUT2D eigenvalue weighted by Crippen LogP contribution is 2.21. The minimum Gasteiger partial charge on any atom is -0.453 e. The van der Waals surface area contributed by atoms with Crippen molar-refractivity contribution in [3.05, 3.63) is 17.0 Å². The molecule has 0 radical (unpaired) electrons. The summed E-state index contributed by atoms with van der Waals surface area (Å²) in [5, 5.41) is 3.24. The van der Waals surface area contributed by atoms with Gasteiger partial charge in [-0.1, -0.05) is 18.5 Å². The highest BCUT2D eigenvalue weighted by molar-refractivity contribution is 6.29. The van der Waals surface area contributed by atoms with E-state index >= 15 is 0 Å². The minimum atomic E-state index is -0.401. The van der Waals surface area contributed by atoms with Gasteiger partial charge in [0.25, 0.3) is 0 Å². The first kappa shape index (κ1) is 13.9. The van der Waals surface area contributed by atoms with Crippen molar-refractivity contribution in [1.29, 1.82) is 0 Å². The van der Waals surface area contributed by atoms with Crippen LogP contribution in [0.15, 0.2) is 6.07 Å². The van der Waals surface area contributed by atoms with Crippen LogP contribution in [-0.2, 0) is 11.2 Å². The highest BCUT2D eigenvalue weighted by Gasteiger charge is 2.25. The molecule has 1 aliphatic rings. The standard InChI is InChI=1S/C12H17ClN4O2/c1-3-10-15-9(13)6-11(16-10)17-5-4-8(7-17)14-12(18)19-2/h6,8H,3-5,7H2,1-2H3,(H,14,18). The molecule has 1 N–H and O–H groups in total. The van der Waals surface area contributed by atoms with Crippen LogP contribution in [0, 0.1) is 0 Å². The summed E-state index contributed by atoms with van der Waals surface area (Å²) in [5.41, 5.74) is 0. The first-order valence-corrected chi connectivity index (χ1v) is 6.63.